The number of rotatable bonds is 1. The Bertz CT molecular complexity index is 545. The molecule has 1 heterocycles. The number of hydrogen-bond acceptors (Lipinski definition) is 2. The number of hydrogen-bond donors (Lipinski definition) is 0. The molecule has 0 fully saturated rings. The van der Waals surface area contributed by atoms with Gasteiger partial charge in [-0.1, -0.05) is 0 Å². The van der Waals surface area contributed by atoms with Crippen molar-refractivity contribution in [3.8, 4) is 0 Å². The fraction of sp³-hybridized carbons (Fsp3) is 0.400. The summed E-state index contributed by atoms with van der Waals surface area (Å²) in [5.41, 5.74) is 0. The molecule has 0 aliphatic carbocycles. The molecule has 130 valence electrons. The minimum atomic E-state index is -10.7. The van der Waals surface area contributed by atoms with Crippen molar-refractivity contribution in [1.29, 1.82) is 0 Å². The average Bonchev–Trinajstić information content (AvgIpc) is 2.22. The standard InChI is InChI=1S/C10H16N3OS.F6P/c1-11(2)10(12(3)4)15-9-7-5-6-8-13(9)14;1-7(2,3,4,5)6/h5-8H,1-4H3;/q+1;-1. The van der Waals surface area contributed by atoms with Gasteiger partial charge < -0.3 is 5.21 Å². The molecule has 0 aliphatic rings. The minimum absolute atomic E-state index is 0.676. The molecule has 0 amide bonds. The Balaban J connectivity index is 0.000000534. The van der Waals surface area contributed by atoms with Crippen molar-refractivity contribution in [2.45, 2.75) is 5.03 Å². The molecular formula is C10H16F6N3OPS. The number of aromatic nitrogens is 1. The van der Waals surface area contributed by atoms with Crippen LogP contribution in [0.15, 0.2) is 29.4 Å². The van der Waals surface area contributed by atoms with Gasteiger partial charge in [0.15, 0.2) is 6.20 Å². The Kier molecular flexibility index (Phi) is 5.77. The van der Waals surface area contributed by atoms with Crippen molar-refractivity contribution in [3.05, 3.63) is 29.6 Å². The van der Waals surface area contributed by atoms with E-state index in [0.29, 0.717) is 5.03 Å². The summed E-state index contributed by atoms with van der Waals surface area (Å²) in [6.45, 7) is 0. The van der Waals surface area contributed by atoms with E-state index < -0.39 is 7.81 Å². The predicted octanol–water partition coefficient (Wildman–Crippen LogP) is 3.98. The molecule has 0 aliphatic heterocycles. The molecule has 0 aromatic carbocycles. The van der Waals surface area contributed by atoms with Crippen LogP contribution in [-0.4, -0.2) is 42.8 Å². The fourth-order valence-electron chi connectivity index (χ4n) is 1.17. The Hall–Kier alpha value is -1.22. The van der Waals surface area contributed by atoms with Crippen LogP contribution < -0.4 is 4.73 Å². The normalized spacial score (nSPS) is 14.1. The monoisotopic (exact) mass is 371 g/mol. The molecule has 1 aromatic heterocycles. The number of halogens is 6. The molecule has 12 heteroatoms. The fourth-order valence-corrected chi connectivity index (χ4v) is 2.02. The van der Waals surface area contributed by atoms with Crippen LogP contribution >= 0.6 is 19.6 Å². The second-order valence-corrected chi connectivity index (χ2v) is 7.40. The summed E-state index contributed by atoms with van der Waals surface area (Å²) in [6, 6.07) is 5.40. The van der Waals surface area contributed by atoms with Crippen LogP contribution in [-0.2, 0) is 0 Å². The SMILES string of the molecule is CN(C)C(Sc1cccc[n+]1[O-])=[N+](C)C.F[P-](F)(F)(F)(F)F. The Morgan fingerprint density at radius 2 is 1.59 bits per heavy atom. The van der Waals surface area contributed by atoms with Gasteiger partial charge in [0.1, 0.15) is 0 Å². The molecule has 0 unspecified atom stereocenters. The third kappa shape index (κ3) is 12.5. The van der Waals surface area contributed by atoms with Crippen LogP contribution in [0.3, 0.4) is 0 Å². The molecule has 0 radical (unpaired) electrons. The van der Waals surface area contributed by atoms with E-state index in [-0.39, 0.29) is 0 Å². The quantitative estimate of drug-likeness (QED) is 0.142. The summed E-state index contributed by atoms with van der Waals surface area (Å²) in [7, 11) is -2.82. The summed E-state index contributed by atoms with van der Waals surface area (Å²) in [4.78, 5) is 1.98. The van der Waals surface area contributed by atoms with Gasteiger partial charge in [-0.15, -0.1) is 0 Å². The van der Waals surface area contributed by atoms with Gasteiger partial charge in [-0.25, -0.2) is 0 Å². The van der Waals surface area contributed by atoms with Crippen LogP contribution in [0.1, 0.15) is 0 Å². The van der Waals surface area contributed by atoms with E-state index >= 15 is 0 Å². The molecule has 0 saturated carbocycles. The second-order valence-electron chi connectivity index (χ2n) is 4.50. The predicted molar refractivity (Wildman–Crippen MR) is 75.6 cm³/mol. The van der Waals surface area contributed by atoms with Crippen LogP contribution in [0.4, 0.5) is 25.2 Å². The van der Waals surface area contributed by atoms with Gasteiger partial charge >= 0.3 is 38.2 Å². The van der Waals surface area contributed by atoms with Crippen LogP contribution in [0.25, 0.3) is 0 Å². The molecule has 4 nitrogen and oxygen atoms in total. The van der Waals surface area contributed by atoms with Gasteiger partial charge in [-0.3, -0.25) is 9.48 Å². The summed E-state index contributed by atoms with van der Waals surface area (Å²) in [6.07, 6.45) is 1.51. The van der Waals surface area contributed by atoms with E-state index in [4.69, 9.17) is 0 Å². The van der Waals surface area contributed by atoms with Crippen molar-refractivity contribution >= 4 is 24.7 Å². The van der Waals surface area contributed by atoms with E-state index in [1.807, 2.05) is 49.8 Å². The van der Waals surface area contributed by atoms with E-state index in [1.54, 1.807) is 6.07 Å². The Labute approximate surface area is 127 Å². The molecule has 0 N–H and O–H groups in total. The zero-order valence-corrected chi connectivity index (χ0v) is 13.9. The maximum absolute atomic E-state index is 11.4. The Morgan fingerprint density at radius 3 is 1.91 bits per heavy atom. The second kappa shape index (κ2) is 6.11. The summed E-state index contributed by atoms with van der Waals surface area (Å²) < 4.78 is 62.1. The number of thioether (sulfide) groups is 1. The van der Waals surface area contributed by atoms with Crippen molar-refractivity contribution in [2.24, 2.45) is 0 Å². The van der Waals surface area contributed by atoms with Crippen molar-refractivity contribution in [3.63, 3.8) is 0 Å². The summed E-state index contributed by atoms with van der Waals surface area (Å²) >= 11 is 1.45. The van der Waals surface area contributed by atoms with Crippen molar-refractivity contribution < 1.29 is 34.5 Å². The first-order valence-electron chi connectivity index (χ1n) is 5.61. The molecule has 0 bridgehead atoms. The first-order valence-corrected chi connectivity index (χ1v) is 8.46. The van der Waals surface area contributed by atoms with E-state index in [1.165, 1.54) is 18.0 Å². The molecule has 0 atom stereocenters. The van der Waals surface area contributed by atoms with Crippen LogP contribution in [0, 0.1) is 5.21 Å². The average molecular weight is 371 g/mol. The van der Waals surface area contributed by atoms with E-state index in [9.17, 15) is 30.4 Å². The van der Waals surface area contributed by atoms with E-state index in [0.717, 1.165) is 9.90 Å². The van der Waals surface area contributed by atoms with Gasteiger partial charge in [0.2, 0.25) is 0 Å². The zero-order valence-electron chi connectivity index (χ0n) is 12.2. The first-order chi connectivity index (χ1) is 9.47. The first kappa shape index (κ1) is 20.8. The molecule has 1 aromatic rings. The van der Waals surface area contributed by atoms with Gasteiger partial charge in [-0.05, 0) is 6.07 Å². The molecule has 0 saturated heterocycles. The maximum atomic E-state index is 11.4. The van der Waals surface area contributed by atoms with Gasteiger partial charge in [0.05, 0.1) is 40.0 Å². The Morgan fingerprint density at radius 1 is 1.14 bits per heavy atom. The molecular weight excluding hydrogens is 355 g/mol. The topological polar surface area (TPSA) is 33.2 Å². The van der Waals surface area contributed by atoms with Gasteiger partial charge in [0.25, 0.3) is 5.03 Å². The number of amidine groups is 1. The van der Waals surface area contributed by atoms with Gasteiger partial charge in [0, 0.05) is 12.1 Å². The van der Waals surface area contributed by atoms with Crippen LogP contribution in [0.5, 0.6) is 0 Å². The van der Waals surface area contributed by atoms with Crippen molar-refractivity contribution in [1.82, 2.24) is 4.90 Å². The summed E-state index contributed by atoms with van der Waals surface area (Å²) in [5, 5.41) is 13.1. The molecule has 22 heavy (non-hydrogen) atoms. The van der Waals surface area contributed by atoms with E-state index in [2.05, 4.69) is 0 Å². The van der Waals surface area contributed by atoms with Crippen molar-refractivity contribution in [2.75, 3.05) is 28.2 Å². The molecule has 0 spiro atoms. The number of pyridine rings is 1. The third-order valence-electron chi connectivity index (χ3n) is 1.75. The van der Waals surface area contributed by atoms with Crippen LogP contribution in [0.2, 0.25) is 0 Å². The number of nitrogens with zero attached hydrogens (tertiary/aromatic N) is 3. The van der Waals surface area contributed by atoms with Gasteiger partial charge in [-0.2, -0.15) is 4.73 Å². The zero-order chi connectivity index (χ0) is 17.8. The third-order valence-corrected chi connectivity index (χ3v) is 3.19. The summed E-state index contributed by atoms with van der Waals surface area (Å²) in [5.74, 6) is 0. The molecule has 1 rings (SSSR count).